The zero-order valence-corrected chi connectivity index (χ0v) is 18.1. The van der Waals surface area contributed by atoms with Gasteiger partial charge < -0.3 is 14.2 Å². The summed E-state index contributed by atoms with van der Waals surface area (Å²) >= 11 is 4.71. The van der Waals surface area contributed by atoms with Crippen LogP contribution in [0.1, 0.15) is 41.7 Å². The molecule has 2 rings (SSSR count). The number of esters is 1. The number of rotatable bonds is 9. The number of carbonyl (C=O) groups is 1. The molecule has 1 heterocycles. The number of benzene rings is 1. The van der Waals surface area contributed by atoms with Crippen molar-refractivity contribution in [2.45, 2.75) is 27.2 Å². The molecule has 0 bridgehead atoms. The van der Waals surface area contributed by atoms with Crippen LogP contribution >= 0.6 is 27.3 Å². The van der Waals surface area contributed by atoms with E-state index in [1.54, 1.807) is 6.21 Å². The lowest BCUT2D eigenvalue weighted by molar-refractivity contribution is 0.0605. The molecular formula is C18H22BrN3O4S. The maximum atomic E-state index is 11.8. The average molecular weight is 456 g/mol. The SMILES string of the molecule is CCOc1cc(/C=N\Nc2nc(CC)c(C(=O)OC)s2)cc(Br)c1OCC. The molecule has 0 spiro atoms. The molecule has 0 fully saturated rings. The smallest absolute Gasteiger partial charge is 0.350 e. The lowest BCUT2D eigenvalue weighted by Gasteiger charge is -2.13. The molecule has 1 aromatic heterocycles. The maximum Gasteiger partial charge on any atom is 0.350 e. The Morgan fingerprint density at radius 3 is 2.67 bits per heavy atom. The van der Waals surface area contributed by atoms with E-state index in [1.165, 1.54) is 18.4 Å². The van der Waals surface area contributed by atoms with Crippen LogP contribution in [0.2, 0.25) is 0 Å². The summed E-state index contributed by atoms with van der Waals surface area (Å²) in [4.78, 5) is 16.6. The van der Waals surface area contributed by atoms with Gasteiger partial charge in [0.15, 0.2) is 11.5 Å². The maximum absolute atomic E-state index is 11.8. The Morgan fingerprint density at radius 1 is 1.30 bits per heavy atom. The Kier molecular flexibility index (Phi) is 8.05. The van der Waals surface area contributed by atoms with Gasteiger partial charge in [0.2, 0.25) is 5.13 Å². The third-order valence-corrected chi connectivity index (χ3v) is 4.97. The summed E-state index contributed by atoms with van der Waals surface area (Å²) in [6.45, 7) is 6.84. The number of halogens is 1. The molecule has 0 aliphatic heterocycles. The minimum Gasteiger partial charge on any atom is -0.490 e. The molecular weight excluding hydrogens is 434 g/mol. The van der Waals surface area contributed by atoms with Crippen LogP contribution < -0.4 is 14.9 Å². The van der Waals surface area contributed by atoms with Gasteiger partial charge in [-0.2, -0.15) is 5.10 Å². The van der Waals surface area contributed by atoms with Crippen molar-refractivity contribution in [3.8, 4) is 11.5 Å². The van der Waals surface area contributed by atoms with E-state index in [1.807, 2.05) is 32.9 Å². The summed E-state index contributed by atoms with van der Waals surface area (Å²) in [5, 5.41) is 4.73. The highest BCUT2D eigenvalue weighted by Crippen LogP contribution is 2.36. The molecule has 1 aromatic carbocycles. The van der Waals surface area contributed by atoms with Crippen LogP contribution in [0.5, 0.6) is 11.5 Å². The van der Waals surface area contributed by atoms with Crippen molar-refractivity contribution in [1.82, 2.24) is 4.98 Å². The van der Waals surface area contributed by atoms with E-state index in [-0.39, 0.29) is 0 Å². The minimum absolute atomic E-state index is 0.391. The van der Waals surface area contributed by atoms with Crippen LogP contribution in [0.25, 0.3) is 0 Å². The van der Waals surface area contributed by atoms with Crippen LogP contribution in [-0.2, 0) is 11.2 Å². The fourth-order valence-corrected chi connectivity index (χ4v) is 3.76. The van der Waals surface area contributed by atoms with Gasteiger partial charge >= 0.3 is 5.97 Å². The first-order valence-electron chi connectivity index (χ1n) is 8.50. The number of ether oxygens (including phenoxy) is 3. The second-order valence-electron chi connectivity index (χ2n) is 5.21. The van der Waals surface area contributed by atoms with Gasteiger partial charge in [0.05, 0.1) is 36.7 Å². The number of thiazole rings is 1. The summed E-state index contributed by atoms with van der Waals surface area (Å²) in [5.41, 5.74) is 4.37. The number of nitrogens with one attached hydrogen (secondary N) is 1. The predicted molar refractivity (Wildman–Crippen MR) is 111 cm³/mol. The second-order valence-corrected chi connectivity index (χ2v) is 7.06. The molecule has 0 aliphatic rings. The number of aromatic nitrogens is 1. The molecule has 0 aliphatic carbocycles. The summed E-state index contributed by atoms with van der Waals surface area (Å²) in [5.74, 6) is 0.920. The van der Waals surface area contributed by atoms with E-state index in [0.717, 1.165) is 10.0 Å². The zero-order valence-electron chi connectivity index (χ0n) is 15.7. The molecule has 146 valence electrons. The van der Waals surface area contributed by atoms with Crippen molar-refractivity contribution in [2.75, 3.05) is 25.7 Å². The Bertz CT molecular complexity index is 823. The van der Waals surface area contributed by atoms with E-state index >= 15 is 0 Å². The Hall–Kier alpha value is -2.13. The number of hydrogen-bond acceptors (Lipinski definition) is 8. The van der Waals surface area contributed by atoms with Crippen molar-refractivity contribution >= 4 is 44.6 Å². The fraction of sp³-hybridized carbons (Fsp3) is 0.389. The molecule has 0 radical (unpaired) electrons. The third-order valence-electron chi connectivity index (χ3n) is 3.40. The van der Waals surface area contributed by atoms with Crippen molar-refractivity contribution < 1.29 is 19.0 Å². The first-order chi connectivity index (χ1) is 13.0. The lowest BCUT2D eigenvalue weighted by Crippen LogP contribution is -2.01. The van der Waals surface area contributed by atoms with Crippen LogP contribution in [0, 0.1) is 0 Å². The summed E-state index contributed by atoms with van der Waals surface area (Å²) in [6.07, 6.45) is 2.28. The van der Waals surface area contributed by atoms with Crippen molar-refractivity contribution in [3.05, 3.63) is 32.7 Å². The van der Waals surface area contributed by atoms with Gasteiger partial charge in [-0.05, 0) is 53.9 Å². The highest BCUT2D eigenvalue weighted by atomic mass is 79.9. The van der Waals surface area contributed by atoms with Gasteiger partial charge in [0, 0.05) is 0 Å². The monoisotopic (exact) mass is 455 g/mol. The molecule has 1 N–H and O–H groups in total. The number of nitrogens with zero attached hydrogens (tertiary/aromatic N) is 2. The van der Waals surface area contributed by atoms with E-state index in [9.17, 15) is 4.79 Å². The van der Waals surface area contributed by atoms with E-state index in [4.69, 9.17) is 14.2 Å². The number of carbonyl (C=O) groups excluding carboxylic acids is 1. The van der Waals surface area contributed by atoms with Gasteiger partial charge in [-0.25, -0.2) is 9.78 Å². The minimum atomic E-state index is -0.391. The van der Waals surface area contributed by atoms with Gasteiger partial charge in [0.25, 0.3) is 0 Å². The topological polar surface area (TPSA) is 82.0 Å². The first-order valence-corrected chi connectivity index (χ1v) is 10.1. The molecule has 0 unspecified atom stereocenters. The highest BCUT2D eigenvalue weighted by Gasteiger charge is 2.17. The third kappa shape index (κ3) is 5.43. The molecule has 9 heteroatoms. The van der Waals surface area contributed by atoms with Crippen molar-refractivity contribution in [3.63, 3.8) is 0 Å². The average Bonchev–Trinajstić information content (AvgIpc) is 3.07. The largest absolute Gasteiger partial charge is 0.490 e. The molecule has 0 amide bonds. The van der Waals surface area contributed by atoms with E-state index in [2.05, 4.69) is 31.4 Å². The Morgan fingerprint density at radius 2 is 2.04 bits per heavy atom. The zero-order chi connectivity index (χ0) is 19.8. The summed E-state index contributed by atoms with van der Waals surface area (Å²) in [7, 11) is 1.35. The Labute approximate surface area is 170 Å². The molecule has 2 aromatic rings. The molecule has 27 heavy (non-hydrogen) atoms. The fourth-order valence-electron chi connectivity index (χ4n) is 2.26. The van der Waals surface area contributed by atoms with E-state index in [0.29, 0.717) is 46.8 Å². The van der Waals surface area contributed by atoms with Crippen molar-refractivity contribution in [1.29, 1.82) is 0 Å². The van der Waals surface area contributed by atoms with Gasteiger partial charge in [-0.15, -0.1) is 0 Å². The van der Waals surface area contributed by atoms with E-state index < -0.39 is 5.97 Å². The Balaban J connectivity index is 2.18. The molecule has 7 nitrogen and oxygen atoms in total. The van der Waals surface area contributed by atoms with Crippen LogP contribution in [0.4, 0.5) is 5.13 Å². The predicted octanol–water partition coefficient (Wildman–Crippen LogP) is 4.50. The first kappa shape index (κ1) is 21.2. The quantitative estimate of drug-likeness (QED) is 0.340. The number of hydrogen-bond donors (Lipinski definition) is 1. The van der Waals surface area contributed by atoms with Crippen LogP contribution in [0.3, 0.4) is 0 Å². The summed E-state index contributed by atoms with van der Waals surface area (Å²) in [6, 6.07) is 3.74. The second kappa shape index (κ2) is 10.3. The standard InChI is InChI=1S/C18H22BrN3O4S/c1-5-13-16(17(23)24-4)27-18(21-13)22-20-10-11-8-12(19)15(26-7-3)14(9-11)25-6-2/h8-10H,5-7H2,1-4H3,(H,21,22)/b20-10-. The van der Waals surface area contributed by atoms with Crippen LogP contribution in [0.15, 0.2) is 21.7 Å². The highest BCUT2D eigenvalue weighted by molar-refractivity contribution is 9.10. The number of hydrazone groups is 1. The number of methoxy groups -OCH3 is 1. The lowest BCUT2D eigenvalue weighted by atomic mass is 10.2. The van der Waals surface area contributed by atoms with Crippen molar-refractivity contribution in [2.24, 2.45) is 5.10 Å². The van der Waals surface area contributed by atoms with Crippen LogP contribution in [-0.4, -0.2) is 37.5 Å². The molecule has 0 saturated heterocycles. The van der Waals surface area contributed by atoms with Gasteiger partial charge in [-0.3, -0.25) is 5.43 Å². The van der Waals surface area contributed by atoms with Gasteiger partial charge in [0.1, 0.15) is 4.88 Å². The number of aryl methyl sites for hydroxylation is 1. The number of anilines is 1. The molecule has 0 atom stereocenters. The summed E-state index contributed by atoms with van der Waals surface area (Å²) < 4.78 is 16.8. The normalized spacial score (nSPS) is 10.9. The van der Waals surface area contributed by atoms with Gasteiger partial charge in [-0.1, -0.05) is 18.3 Å². The molecule has 0 saturated carbocycles.